The van der Waals surface area contributed by atoms with E-state index in [-0.39, 0.29) is 98.8 Å². The topological polar surface area (TPSA) is 144 Å². The van der Waals surface area contributed by atoms with Gasteiger partial charge in [-0.1, -0.05) is 39.8 Å². The van der Waals surface area contributed by atoms with Crippen LogP contribution in [0.3, 0.4) is 0 Å². The predicted molar refractivity (Wildman–Crippen MR) is 174 cm³/mol. The molecule has 4 unspecified atom stereocenters. The van der Waals surface area contributed by atoms with Crippen molar-refractivity contribution in [2.45, 2.75) is 86.5 Å². The number of ether oxygens (including phenoxy) is 1. The standard InChI is InChI=1S/C36H52N2O8/c1-7-25(8-2)35(44)28-11-13-29(14-12-28)36(45)37-16-18-46-17-15-34(43)38-21-30(32(41)19-26(9-3)23(5)39)31(22-38)33(42)20-27(10-4)24(6)40/h11-14,25-27,30-31H,7-10,15-22H2,1-6H3,(H,37,45). The third kappa shape index (κ3) is 11.1. The number of likely N-dealkylation sites (tertiary alicyclic amines) is 1. The van der Waals surface area contributed by atoms with Crippen LogP contribution >= 0.6 is 0 Å². The van der Waals surface area contributed by atoms with Crippen LogP contribution in [0, 0.1) is 29.6 Å². The summed E-state index contributed by atoms with van der Waals surface area (Å²) in [6.07, 6.45) is 2.66. The lowest BCUT2D eigenvalue weighted by Crippen LogP contribution is -2.32. The van der Waals surface area contributed by atoms with Gasteiger partial charge in [-0.25, -0.2) is 0 Å². The van der Waals surface area contributed by atoms with E-state index in [1.165, 1.54) is 18.7 Å². The lowest BCUT2D eigenvalue weighted by Gasteiger charge is -2.20. The van der Waals surface area contributed by atoms with Gasteiger partial charge in [0, 0.05) is 73.2 Å². The van der Waals surface area contributed by atoms with Gasteiger partial charge in [0.2, 0.25) is 5.91 Å². The largest absolute Gasteiger partial charge is 0.379 e. The molecule has 1 fully saturated rings. The van der Waals surface area contributed by atoms with Gasteiger partial charge in [-0.3, -0.25) is 33.6 Å². The van der Waals surface area contributed by atoms with Crippen LogP contribution in [0.1, 0.15) is 107 Å². The molecule has 1 saturated heterocycles. The van der Waals surface area contributed by atoms with Crippen molar-refractivity contribution in [3.8, 4) is 0 Å². The Morgan fingerprint density at radius 2 is 1.17 bits per heavy atom. The molecule has 1 aromatic rings. The van der Waals surface area contributed by atoms with Gasteiger partial charge < -0.3 is 15.0 Å². The number of carbonyl (C=O) groups is 7. The number of hydrogen-bond donors (Lipinski definition) is 1. The molecule has 0 aromatic heterocycles. The molecule has 0 spiro atoms. The van der Waals surface area contributed by atoms with Crippen molar-refractivity contribution in [1.82, 2.24) is 10.2 Å². The Morgan fingerprint density at radius 1 is 0.717 bits per heavy atom. The van der Waals surface area contributed by atoms with E-state index < -0.39 is 23.7 Å². The van der Waals surface area contributed by atoms with Gasteiger partial charge in [-0.05, 0) is 51.7 Å². The van der Waals surface area contributed by atoms with E-state index in [4.69, 9.17) is 4.74 Å². The maximum atomic E-state index is 13.3. The molecule has 0 aliphatic carbocycles. The maximum Gasteiger partial charge on any atom is 0.251 e. The number of carbonyl (C=O) groups excluding carboxylic acids is 7. The van der Waals surface area contributed by atoms with Crippen LogP contribution in [0.4, 0.5) is 0 Å². The summed E-state index contributed by atoms with van der Waals surface area (Å²) in [6, 6.07) is 6.59. The van der Waals surface area contributed by atoms with Crippen LogP contribution < -0.4 is 5.32 Å². The summed E-state index contributed by atoms with van der Waals surface area (Å²) in [4.78, 5) is 90.2. The first kappa shape index (κ1) is 38.7. The van der Waals surface area contributed by atoms with E-state index in [0.717, 1.165) is 12.8 Å². The molecule has 46 heavy (non-hydrogen) atoms. The molecule has 1 aliphatic rings. The highest BCUT2D eigenvalue weighted by molar-refractivity contribution is 6.00. The van der Waals surface area contributed by atoms with Crippen molar-refractivity contribution in [2.24, 2.45) is 29.6 Å². The second-order valence-electron chi connectivity index (χ2n) is 12.4. The predicted octanol–water partition coefficient (Wildman–Crippen LogP) is 4.67. The Bertz CT molecular complexity index is 1190. The summed E-state index contributed by atoms with van der Waals surface area (Å²) in [7, 11) is 0. The minimum Gasteiger partial charge on any atom is -0.379 e. The van der Waals surface area contributed by atoms with Crippen LogP contribution in [0.15, 0.2) is 24.3 Å². The zero-order chi connectivity index (χ0) is 34.4. The highest BCUT2D eigenvalue weighted by Crippen LogP contribution is 2.31. The second kappa shape index (κ2) is 19.2. The summed E-state index contributed by atoms with van der Waals surface area (Å²) < 4.78 is 5.57. The Labute approximate surface area is 273 Å². The van der Waals surface area contributed by atoms with Gasteiger partial charge in [-0.15, -0.1) is 0 Å². The van der Waals surface area contributed by atoms with E-state index >= 15 is 0 Å². The molecule has 1 N–H and O–H groups in total. The number of nitrogens with zero attached hydrogens (tertiary/aromatic N) is 1. The van der Waals surface area contributed by atoms with E-state index in [1.807, 2.05) is 27.7 Å². The van der Waals surface area contributed by atoms with Crippen LogP contribution in [0.5, 0.6) is 0 Å². The highest BCUT2D eigenvalue weighted by Gasteiger charge is 2.43. The Morgan fingerprint density at radius 3 is 1.61 bits per heavy atom. The van der Waals surface area contributed by atoms with Gasteiger partial charge in [0.05, 0.1) is 19.6 Å². The SMILES string of the molecule is CCC(CC(=O)C1CN(C(=O)CCOCCNC(=O)c2ccc(C(=O)C(CC)CC)cc2)CC1C(=O)CC(CC)C(C)=O)C(C)=O. The highest BCUT2D eigenvalue weighted by atomic mass is 16.5. The normalized spacial score (nSPS) is 17.4. The fraction of sp³-hybridized carbons (Fsp3) is 0.639. The summed E-state index contributed by atoms with van der Waals surface area (Å²) >= 11 is 0. The first-order valence-corrected chi connectivity index (χ1v) is 16.7. The lowest BCUT2D eigenvalue weighted by atomic mass is 9.80. The van der Waals surface area contributed by atoms with Crippen LogP contribution in [-0.2, 0) is 28.7 Å². The number of Topliss-reactive ketones (excluding diaryl/α,β-unsaturated/α-hetero) is 5. The molecular weight excluding hydrogens is 588 g/mol. The van der Waals surface area contributed by atoms with E-state index in [2.05, 4.69) is 5.32 Å². The first-order valence-electron chi connectivity index (χ1n) is 16.7. The third-order valence-corrected chi connectivity index (χ3v) is 9.31. The molecule has 0 saturated carbocycles. The average Bonchev–Trinajstić information content (AvgIpc) is 3.50. The average molecular weight is 641 g/mol. The number of benzene rings is 1. The minimum atomic E-state index is -0.711. The number of hydrogen-bond acceptors (Lipinski definition) is 8. The van der Waals surface area contributed by atoms with Gasteiger partial charge in [0.1, 0.15) is 23.1 Å². The number of amides is 2. The summed E-state index contributed by atoms with van der Waals surface area (Å²) in [6.45, 7) is 11.2. The molecule has 4 atom stereocenters. The van der Waals surface area contributed by atoms with E-state index in [9.17, 15) is 33.6 Å². The minimum absolute atomic E-state index is 0.0281. The zero-order valence-corrected chi connectivity index (χ0v) is 28.4. The molecule has 0 radical (unpaired) electrons. The molecule has 254 valence electrons. The summed E-state index contributed by atoms with van der Waals surface area (Å²) in [5, 5.41) is 2.76. The molecule has 0 bridgehead atoms. The van der Waals surface area contributed by atoms with Crippen molar-refractivity contribution in [3.05, 3.63) is 35.4 Å². The van der Waals surface area contributed by atoms with Crippen molar-refractivity contribution in [2.75, 3.05) is 32.8 Å². The third-order valence-electron chi connectivity index (χ3n) is 9.31. The monoisotopic (exact) mass is 640 g/mol. The fourth-order valence-electron chi connectivity index (χ4n) is 6.04. The maximum absolute atomic E-state index is 13.3. The zero-order valence-electron chi connectivity index (χ0n) is 28.4. The van der Waals surface area contributed by atoms with Crippen LogP contribution in [-0.4, -0.2) is 78.5 Å². The first-order chi connectivity index (χ1) is 21.9. The molecular formula is C36H52N2O8. The Hall–Kier alpha value is -3.53. The van der Waals surface area contributed by atoms with Gasteiger partial charge in [-0.2, -0.15) is 0 Å². The molecule has 1 heterocycles. The summed E-state index contributed by atoms with van der Waals surface area (Å²) in [5.41, 5.74) is 1.02. The Kier molecular flexibility index (Phi) is 16.1. The van der Waals surface area contributed by atoms with Crippen LogP contribution in [0.25, 0.3) is 0 Å². The van der Waals surface area contributed by atoms with E-state index in [1.54, 1.807) is 24.3 Å². The number of nitrogens with one attached hydrogen (secondary N) is 1. The smallest absolute Gasteiger partial charge is 0.251 e. The van der Waals surface area contributed by atoms with Crippen molar-refractivity contribution in [3.63, 3.8) is 0 Å². The molecule has 1 aromatic carbocycles. The fourth-order valence-corrected chi connectivity index (χ4v) is 6.04. The molecule has 2 amide bonds. The Balaban J connectivity index is 1.88. The molecule has 1 aliphatic heterocycles. The van der Waals surface area contributed by atoms with E-state index in [0.29, 0.717) is 24.0 Å². The van der Waals surface area contributed by atoms with Gasteiger partial charge >= 0.3 is 0 Å². The van der Waals surface area contributed by atoms with Crippen molar-refractivity contribution in [1.29, 1.82) is 0 Å². The lowest BCUT2D eigenvalue weighted by molar-refractivity contribution is -0.134. The second-order valence-corrected chi connectivity index (χ2v) is 12.4. The van der Waals surface area contributed by atoms with Gasteiger partial charge in [0.15, 0.2) is 5.78 Å². The van der Waals surface area contributed by atoms with Crippen molar-refractivity contribution >= 4 is 40.7 Å². The molecule has 10 nitrogen and oxygen atoms in total. The van der Waals surface area contributed by atoms with Crippen molar-refractivity contribution < 1.29 is 38.3 Å². The summed E-state index contributed by atoms with van der Waals surface area (Å²) in [5.74, 6) is -3.34. The van der Waals surface area contributed by atoms with Crippen LogP contribution in [0.2, 0.25) is 0 Å². The molecule has 10 heteroatoms. The molecule has 2 rings (SSSR count). The quantitative estimate of drug-likeness (QED) is 0.151. The number of rotatable bonds is 21. The van der Waals surface area contributed by atoms with Gasteiger partial charge in [0.25, 0.3) is 5.91 Å². The number of ketones is 5.